The van der Waals surface area contributed by atoms with E-state index in [-0.39, 0.29) is 11.8 Å². The molecule has 1 saturated carbocycles. The van der Waals surface area contributed by atoms with Gasteiger partial charge in [-0.05, 0) is 50.6 Å². The molecule has 1 aliphatic heterocycles. The van der Waals surface area contributed by atoms with Gasteiger partial charge in [0, 0.05) is 31.1 Å². The zero-order valence-electron chi connectivity index (χ0n) is 13.2. The number of carbonyl (C=O) groups excluding carboxylic acids is 1. The van der Waals surface area contributed by atoms with Gasteiger partial charge in [-0.25, -0.2) is 8.42 Å². The Labute approximate surface area is 136 Å². The van der Waals surface area contributed by atoms with Crippen molar-refractivity contribution in [2.24, 2.45) is 5.92 Å². The second kappa shape index (κ2) is 5.32. The molecule has 0 unspecified atom stereocenters. The van der Waals surface area contributed by atoms with Gasteiger partial charge in [0.25, 0.3) is 10.0 Å². The van der Waals surface area contributed by atoms with Crippen molar-refractivity contribution in [3.05, 3.63) is 17.0 Å². The predicted octanol–water partition coefficient (Wildman–Crippen LogP) is 2.08. The normalized spacial score (nSPS) is 22.8. The lowest BCUT2D eigenvalue weighted by Crippen LogP contribution is -2.62. The average molecular weight is 342 g/mol. The van der Waals surface area contributed by atoms with Gasteiger partial charge in [-0.3, -0.25) is 4.79 Å². The molecule has 1 aromatic rings. The number of thiophene rings is 1. The van der Waals surface area contributed by atoms with Crippen LogP contribution in [-0.4, -0.2) is 48.7 Å². The van der Waals surface area contributed by atoms with Crippen LogP contribution in [0.1, 0.15) is 32.3 Å². The highest BCUT2D eigenvalue weighted by molar-refractivity contribution is 7.91. The van der Waals surface area contributed by atoms with E-state index in [0.29, 0.717) is 23.8 Å². The lowest BCUT2D eigenvalue weighted by molar-refractivity contribution is -0.136. The minimum absolute atomic E-state index is 0.179. The number of carbonyl (C=O) groups is 1. The van der Waals surface area contributed by atoms with E-state index >= 15 is 0 Å². The molecule has 2 heterocycles. The summed E-state index contributed by atoms with van der Waals surface area (Å²) >= 11 is 1.26. The van der Waals surface area contributed by atoms with E-state index in [1.54, 1.807) is 4.31 Å². The van der Waals surface area contributed by atoms with Crippen LogP contribution < -0.4 is 0 Å². The largest absolute Gasteiger partial charge is 0.339 e. The number of aryl methyl sites for hydroxylation is 1. The van der Waals surface area contributed by atoms with Crippen molar-refractivity contribution in [3.8, 4) is 0 Å². The molecule has 1 saturated heterocycles. The van der Waals surface area contributed by atoms with Crippen LogP contribution in [0.25, 0.3) is 0 Å². The third kappa shape index (κ3) is 2.70. The molecule has 0 aromatic carbocycles. The van der Waals surface area contributed by atoms with Crippen LogP contribution >= 0.6 is 11.3 Å². The standard InChI is InChI=1S/C15H22N2O3S2/c1-11-6-9-21-14(11)22(19,20)17-8-7-16(10-15(17,2)3)13(18)12-4-5-12/h6,9,12H,4-5,7-8,10H2,1-3H3. The Hall–Kier alpha value is -0.920. The first-order valence-electron chi connectivity index (χ1n) is 7.59. The summed E-state index contributed by atoms with van der Waals surface area (Å²) in [5.74, 6) is 0.371. The second-order valence-electron chi connectivity index (χ2n) is 6.81. The summed E-state index contributed by atoms with van der Waals surface area (Å²) in [7, 11) is -3.50. The maximum absolute atomic E-state index is 12.9. The molecule has 1 aromatic heterocycles. The highest BCUT2D eigenvalue weighted by Crippen LogP contribution is 2.35. The minimum atomic E-state index is -3.50. The fourth-order valence-electron chi connectivity index (χ4n) is 3.08. The molecule has 122 valence electrons. The summed E-state index contributed by atoms with van der Waals surface area (Å²) in [4.78, 5) is 14.1. The van der Waals surface area contributed by atoms with E-state index in [1.807, 2.05) is 37.1 Å². The van der Waals surface area contributed by atoms with E-state index in [0.717, 1.165) is 18.4 Å². The summed E-state index contributed by atoms with van der Waals surface area (Å²) < 4.78 is 27.9. The maximum Gasteiger partial charge on any atom is 0.253 e. The van der Waals surface area contributed by atoms with E-state index in [9.17, 15) is 13.2 Å². The quantitative estimate of drug-likeness (QED) is 0.845. The molecular formula is C15H22N2O3S2. The number of hydrogen-bond acceptors (Lipinski definition) is 4. The third-order valence-electron chi connectivity index (χ3n) is 4.40. The van der Waals surface area contributed by atoms with E-state index in [1.165, 1.54) is 11.3 Å². The Morgan fingerprint density at radius 1 is 1.32 bits per heavy atom. The van der Waals surface area contributed by atoms with Gasteiger partial charge < -0.3 is 4.90 Å². The third-order valence-corrected chi connectivity index (χ3v) is 8.18. The Bertz CT molecular complexity index is 689. The smallest absolute Gasteiger partial charge is 0.253 e. The van der Waals surface area contributed by atoms with E-state index in [4.69, 9.17) is 0 Å². The van der Waals surface area contributed by atoms with Gasteiger partial charge in [-0.2, -0.15) is 4.31 Å². The van der Waals surface area contributed by atoms with Crippen molar-refractivity contribution in [1.29, 1.82) is 0 Å². The van der Waals surface area contributed by atoms with Crippen LogP contribution in [0.15, 0.2) is 15.7 Å². The first-order chi connectivity index (χ1) is 10.2. The molecule has 2 aliphatic rings. The Balaban J connectivity index is 1.84. The summed E-state index contributed by atoms with van der Waals surface area (Å²) in [6.45, 7) is 6.95. The number of nitrogens with zero attached hydrogens (tertiary/aromatic N) is 2. The number of sulfonamides is 1. The highest BCUT2D eigenvalue weighted by Gasteiger charge is 2.45. The molecule has 3 rings (SSSR count). The molecule has 1 amide bonds. The fraction of sp³-hybridized carbons (Fsp3) is 0.667. The van der Waals surface area contributed by atoms with Crippen molar-refractivity contribution < 1.29 is 13.2 Å². The van der Waals surface area contributed by atoms with E-state index in [2.05, 4.69) is 0 Å². The average Bonchev–Trinajstić information content (AvgIpc) is 3.18. The van der Waals surface area contributed by atoms with Gasteiger partial charge in [0.2, 0.25) is 5.91 Å². The first-order valence-corrected chi connectivity index (χ1v) is 9.91. The fourth-order valence-corrected chi connectivity index (χ4v) is 6.36. The van der Waals surface area contributed by atoms with Crippen molar-refractivity contribution in [1.82, 2.24) is 9.21 Å². The molecule has 0 spiro atoms. The summed E-state index contributed by atoms with van der Waals surface area (Å²) in [6.07, 6.45) is 1.96. The molecule has 0 bridgehead atoms. The van der Waals surface area contributed by atoms with Crippen molar-refractivity contribution in [2.75, 3.05) is 19.6 Å². The number of amides is 1. The van der Waals surface area contributed by atoms with Crippen molar-refractivity contribution in [3.63, 3.8) is 0 Å². The molecule has 0 N–H and O–H groups in total. The van der Waals surface area contributed by atoms with Gasteiger partial charge in [-0.1, -0.05) is 0 Å². The molecule has 0 atom stereocenters. The number of hydrogen-bond donors (Lipinski definition) is 0. The lowest BCUT2D eigenvalue weighted by atomic mass is 10.0. The molecule has 2 fully saturated rings. The molecule has 5 nitrogen and oxygen atoms in total. The molecule has 0 radical (unpaired) electrons. The van der Waals surface area contributed by atoms with Gasteiger partial charge in [-0.15, -0.1) is 11.3 Å². The number of piperazine rings is 1. The van der Waals surface area contributed by atoms with Crippen LogP contribution in [0, 0.1) is 12.8 Å². The predicted molar refractivity (Wildman–Crippen MR) is 86.3 cm³/mol. The zero-order valence-corrected chi connectivity index (χ0v) is 14.8. The maximum atomic E-state index is 12.9. The Kier molecular flexibility index (Phi) is 3.86. The molecular weight excluding hydrogens is 320 g/mol. The second-order valence-corrected chi connectivity index (χ2v) is 9.79. The van der Waals surface area contributed by atoms with E-state index < -0.39 is 15.6 Å². The van der Waals surface area contributed by atoms with Crippen molar-refractivity contribution >= 4 is 27.3 Å². The topological polar surface area (TPSA) is 57.7 Å². The summed E-state index contributed by atoms with van der Waals surface area (Å²) in [5.41, 5.74) is 0.204. The number of rotatable bonds is 3. The minimum Gasteiger partial charge on any atom is -0.339 e. The summed E-state index contributed by atoms with van der Waals surface area (Å²) in [6, 6.07) is 1.83. The first kappa shape index (κ1) is 16.0. The lowest BCUT2D eigenvalue weighted by Gasteiger charge is -2.46. The van der Waals surface area contributed by atoms with Gasteiger partial charge in [0.15, 0.2) is 0 Å². The van der Waals surface area contributed by atoms with Crippen LogP contribution in [-0.2, 0) is 14.8 Å². The van der Waals surface area contributed by atoms with Crippen LogP contribution in [0.5, 0.6) is 0 Å². The SMILES string of the molecule is Cc1ccsc1S(=O)(=O)N1CCN(C(=O)C2CC2)CC1(C)C. The van der Waals surface area contributed by atoms with Gasteiger partial charge in [0.05, 0.1) is 0 Å². The molecule has 7 heteroatoms. The highest BCUT2D eigenvalue weighted by atomic mass is 32.2. The Morgan fingerprint density at radius 2 is 2.00 bits per heavy atom. The van der Waals surface area contributed by atoms with Gasteiger partial charge >= 0.3 is 0 Å². The van der Waals surface area contributed by atoms with Crippen LogP contribution in [0.4, 0.5) is 0 Å². The van der Waals surface area contributed by atoms with Crippen LogP contribution in [0.2, 0.25) is 0 Å². The summed E-state index contributed by atoms with van der Waals surface area (Å²) in [5, 5.41) is 1.81. The van der Waals surface area contributed by atoms with Crippen molar-refractivity contribution in [2.45, 2.75) is 43.4 Å². The molecule has 1 aliphatic carbocycles. The Morgan fingerprint density at radius 3 is 2.50 bits per heavy atom. The zero-order chi connectivity index (χ0) is 16.1. The molecule has 22 heavy (non-hydrogen) atoms. The van der Waals surface area contributed by atoms with Crippen LogP contribution in [0.3, 0.4) is 0 Å². The van der Waals surface area contributed by atoms with Gasteiger partial charge in [0.1, 0.15) is 4.21 Å². The monoisotopic (exact) mass is 342 g/mol.